The van der Waals surface area contributed by atoms with Gasteiger partial charge in [0.15, 0.2) is 0 Å². The molecule has 1 heterocycles. The monoisotopic (exact) mass is 183 g/mol. The molecule has 0 saturated carbocycles. The molecule has 1 nitrogen and oxygen atoms in total. The lowest BCUT2D eigenvalue weighted by atomic mass is 10.1. The second-order valence-corrected chi connectivity index (χ2v) is 3.59. The minimum Gasteiger partial charge on any atom is -0.256 e. The molecule has 0 atom stereocenters. The van der Waals surface area contributed by atoms with Gasteiger partial charge in [0.1, 0.15) is 0 Å². The number of aryl methyl sites for hydroxylation is 2. The first-order chi connectivity index (χ1) is 6.75. The van der Waals surface area contributed by atoms with Crippen LogP contribution in [0.5, 0.6) is 0 Å². The third-order valence-corrected chi connectivity index (χ3v) is 2.23. The van der Waals surface area contributed by atoms with E-state index in [2.05, 4.69) is 48.3 Å². The first-order valence-corrected chi connectivity index (χ1v) is 4.75. The summed E-state index contributed by atoms with van der Waals surface area (Å²) in [6, 6.07) is 12.5. The number of nitrogens with zero attached hydrogens (tertiary/aromatic N) is 1. The van der Waals surface area contributed by atoms with Gasteiger partial charge in [0, 0.05) is 11.8 Å². The summed E-state index contributed by atoms with van der Waals surface area (Å²) in [5.41, 5.74) is 4.69. The van der Waals surface area contributed by atoms with E-state index < -0.39 is 0 Å². The second kappa shape index (κ2) is 3.62. The van der Waals surface area contributed by atoms with E-state index in [4.69, 9.17) is 0 Å². The largest absolute Gasteiger partial charge is 0.256 e. The molecule has 0 aliphatic carbocycles. The highest BCUT2D eigenvalue weighted by molar-refractivity contribution is 5.59. The van der Waals surface area contributed by atoms with E-state index in [0.717, 1.165) is 5.69 Å². The van der Waals surface area contributed by atoms with Gasteiger partial charge in [0.05, 0.1) is 5.69 Å². The zero-order valence-electron chi connectivity index (χ0n) is 8.49. The van der Waals surface area contributed by atoms with Crippen LogP contribution in [0.1, 0.15) is 11.1 Å². The summed E-state index contributed by atoms with van der Waals surface area (Å²) in [6.07, 6.45) is 1.90. The first kappa shape index (κ1) is 8.95. The Morgan fingerprint density at radius 1 is 0.929 bits per heavy atom. The van der Waals surface area contributed by atoms with Gasteiger partial charge in [0.2, 0.25) is 0 Å². The van der Waals surface area contributed by atoms with Crippen LogP contribution in [0, 0.1) is 13.8 Å². The molecular formula is C13H13N. The summed E-state index contributed by atoms with van der Waals surface area (Å²) in [7, 11) is 0. The number of rotatable bonds is 1. The lowest BCUT2D eigenvalue weighted by molar-refractivity contribution is 1.27. The Bertz CT molecular complexity index is 429. The van der Waals surface area contributed by atoms with Crippen LogP contribution in [0.2, 0.25) is 0 Å². The van der Waals surface area contributed by atoms with Crippen LogP contribution in [0.3, 0.4) is 0 Å². The molecule has 0 aliphatic rings. The average molecular weight is 183 g/mol. The Morgan fingerprint density at radius 2 is 1.79 bits per heavy atom. The Hall–Kier alpha value is -1.63. The van der Waals surface area contributed by atoms with Crippen LogP contribution in [0.25, 0.3) is 11.3 Å². The van der Waals surface area contributed by atoms with Gasteiger partial charge in [-0.05, 0) is 31.5 Å². The normalized spacial score (nSPS) is 10.1. The van der Waals surface area contributed by atoms with E-state index >= 15 is 0 Å². The second-order valence-electron chi connectivity index (χ2n) is 3.59. The number of aromatic nitrogens is 1. The van der Waals surface area contributed by atoms with E-state index in [9.17, 15) is 0 Å². The fraction of sp³-hybridized carbons (Fsp3) is 0.154. The van der Waals surface area contributed by atoms with Crippen molar-refractivity contribution in [3.05, 3.63) is 53.7 Å². The van der Waals surface area contributed by atoms with Crippen molar-refractivity contribution in [3.63, 3.8) is 0 Å². The molecule has 0 unspecified atom stereocenters. The number of benzene rings is 1. The van der Waals surface area contributed by atoms with Crippen LogP contribution in [0.15, 0.2) is 42.6 Å². The smallest absolute Gasteiger partial charge is 0.0702 e. The maximum atomic E-state index is 4.39. The molecule has 0 aliphatic heterocycles. The molecule has 0 N–H and O–H groups in total. The Kier molecular flexibility index (Phi) is 2.32. The highest BCUT2D eigenvalue weighted by Gasteiger charge is 1.97. The lowest BCUT2D eigenvalue weighted by Gasteiger charge is -2.01. The van der Waals surface area contributed by atoms with E-state index in [-0.39, 0.29) is 0 Å². The van der Waals surface area contributed by atoms with Gasteiger partial charge in [-0.2, -0.15) is 0 Å². The van der Waals surface area contributed by atoms with Gasteiger partial charge < -0.3 is 0 Å². The summed E-state index contributed by atoms with van der Waals surface area (Å²) in [4.78, 5) is 4.39. The van der Waals surface area contributed by atoms with Crippen molar-refractivity contribution in [2.45, 2.75) is 13.8 Å². The van der Waals surface area contributed by atoms with Gasteiger partial charge in [-0.15, -0.1) is 0 Å². The molecule has 0 radical (unpaired) electrons. The van der Waals surface area contributed by atoms with E-state index in [1.54, 1.807) is 0 Å². The van der Waals surface area contributed by atoms with E-state index in [0.29, 0.717) is 0 Å². The van der Waals surface area contributed by atoms with Gasteiger partial charge in [-0.1, -0.05) is 29.8 Å². The molecule has 70 valence electrons. The average Bonchev–Trinajstić information content (AvgIpc) is 2.19. The molecule has 1 aromatic carbocycles. The fourth-order valence-electron chi connectivity index (χ4n) is 1.44. The molecule has 0 fully saturated rings. The Morgan fingerprint density at radius 3 is 2.43 bits per heavy atom. The quantitative estimate of drug-likeness (QED) is 0.660. The van der Waals surface area contributed by atoms with Gasteiger partial charge in [-0.25, -0.2) is 0 Å². The van der Waals surface area contributed by atoms with Crippen molar-refractivity contribution in [1.82, 2.24) is 4.98 Å². The lowest BCUT2D eigenvalue weighted by Crippen LogP contribution is -1.84. The topological polar surface area (TPSA) is 12.9 Å². The molecule has 0 bridgehead atoms. The SMILES string of the molecule is Cc1ccc(-c2cccc(C)c2)nc1. The van der Waals surface area contributed by atoms with Crippen molar-refractivity contribution >= 4 is 0 Å². The number of hydrogen-bond acceptors (Lipinski definition) is 1. The minimum absolute atomic E-state index is 1.04. The summed E-state index contributed by atoms with van der Waals surface area (Å²) < 4.78 is 0. The molecule has 2 aromatic rings. The maximum Gasteiger partial charge on any atom is 0.0702 e. The molecule has 0 spiro atoms. The van der Waals surface area contributed by atoms with Gasteiger partial charge >= 0.3 is 0 Å². The van der Waals surface area contributed by atoms with Crippen molar-refractivity contribution in [3.8, 4) is 11.3 Å². The summed E-state index contributed by atoms with van der Waals surface area (Å²) in [5.74, 6) is 0. The van der Waals surface area contributed by atoms with Crippen LogP contribution in [-0.2, 0) is 0 Å². The third kappa shape index (κ3) is 1.82. The van der Waals surface area contributed by atoms with Crippen LogP contribution in [-0.4, -0.2) is 4.98 Å². The third-order valence-electron chi connectivity index (χ3n) is 2.23. The van der Waals surface area contributed by atoms with Gasteiger partial charge in [-0.3, -0.25) is 4.98 Å². The van der Waals surface area contributed by atoms with Crippen molar-refractivity contribution in [1.29, 1.82) is 0 Å². The van der Waals surface area contributed by atoms with E-state index in [1.807, 2.05) is 13.1 Å². The standard InChI is InChI=1S/C13H13N/c1-10-4-3-5-12(8-10)13-7-6-11(2)9-14-13/h3-9H,1-2H3. The number of hydrogen-bond donors (Lipinski definition) is 0. The highest BCUT2D eigenvalue weighted by Crippen LogP contribution is 2.17. The molecule has 0 amide bonds. The maximum absolute atomic E-state index is 4.39. The predicted octanol–water partition coefficient (Wildman–Crippen LogP) is 3.37. The summed E-state index contributed by atoms with van der Waals surface area (Å²) in [6.45, 7) is 4.14. The molecule has 0 saturated heterocycles. The van der Waals surface area contributed by atoms with Crippen LogP contribution in [0.4, 0.5) is 0 Å². The van der Waals surface area contributed by atoms with Crippen molar-refractivity contribution in [2.75, 3.05) is 0 Å². The van der Waals surface area contributed by atoms with Gasteiger partial charge in [0.25, 0.3) is 0 Å². The highest BCUT2D eigenvalue weighted by atomic mass is 14.7. The van der Waals surface area contributed by atoms with Crippen molar-refractivity contribution < 1.29 is 0 Å². The molecule has 1 aromatic heterocycles. The first-order valence-electron chi connectivity index (χ1n) is 4.75. The summed E-state index contributed by atoms with van der Waals surface area (Å²) in [5, 5.41) is 0. The van der Waals surface area contributed by atoms with Crippen LogP contribution < -0.4 is 0 Å². The number of pyridine rings is 1. The fourth-order valence-corrected chi connectivity index (χ4v) is 1.44. The summed E-state index contributed by atoms with van der Waals surface area (Å²) >= 11 is 0. The predicted molar refractivity (Wildman–Crippen MR) is 59.1 cm³/mol. The Balaban J connectivity index is 2.44. The molecule has 14 heavy (non-hydrogen) atoms. The Labute approximate surface area is 84.4 Å². The zero-order chi connectivity index (χ0) is 9.97. The molecular weight excluding hydrogens is 170 g/mol. The van der Waals surface area contributed by atoms with E-state index in [1.165, 1.54) is 16.7 Å². The molecule has 2 rings (SSSR count). The zero-order valence-corrected chi connectivity index (χ0v) is 8.49. The minimum atomic E-state index is 1.04. The van der Waals surface area contributed by atoms with Crippen LogP contribution >= 0.6 is 0 Å². The molecule has 1 heteroatoms. The van der Waals surface area contributed by atoms with Crippen molar-refractivity contribution in [2.24, 2.45) is 0 Å².